The molecule has 0 spiro atoms. The molecule has 0 saturated heterocycles. The second-order valence-electron chi connectivity index (χ2n) is 5.65. The van der Waals surface area contributed by atoms with Crippen LogP contribution in [0.15, 0.2) is 24.3 Å². The third-order valence-electron chi connectivity index (χ3n) is 2.62. The van der Waals surface area contributed by atoms with Crippen molar-refractivity contribution in [2.45, 2.75) is 45.5 Å². The molecule has 19 heavy (non-hydrogen) atoms. The number of rotatable bonds is 4. The first-order chi connectivity index (χ1) is 8.57. The summed E-state index contributed by atoms with van der Waals surface area (Å²) in [5.74, 6) is 0.0337. The Morgan fingerprint density at radius 3 is 2.05 bits per heavy atom. The molecule has 0 aliphatic heterocycles. The molecule has 108 valence electrons. The summed E-state index contributed by atoms with van der Waals surface area (Å²) >= 11 is 0. The zero-order valence-corrected chi connectivity index (χ0v) is 11.6. The Kier molecular flexibility index (Phi) is 4.85. The summed E-state index contributed by atoms with van der Waals surface area (Å²) in [7, 11) is 0. The lowest BCUT2D eigenvalue weighted by atomic mass is 9.99. The van der Waals surface area contributed by atoms with Crippen molar-refractivity contribution in [3.05, 3.63) is 29.8 Å². The molecule has 2 nitrogen and oxygen atoms in total. The maximum atomic E-state index is 12.0. The van der Waals surface area contributed by atoms with Gasteiger partial charge in [-0.25, -0.2) is 0 Å². The Bertz CT molecular complexity index is 393. The average Bonchev–Trinajstić information content (AvgIpc) is 2.23. The molecule has 0 aliphatic carbocycles. The van der Waals surface area contributed by atoms with Crippen molar-refractivity contribution in [1.82, 2.24) is 5.32 Å². The summed E-state index contributed by atoms with van der Waals surface area (Å²) in [6.45, 7) is 9.00. The molecule has 0 aromatic heterocycles. The number of benzene rings is 1. The highest BCUT2D eigenvalue weighted by molar-refractivity contribution is 5.29. The zero-order chi connectivity index (χ0) is 14.7. The molecule has 1 N–H and O–H groups in total. The van der Waals surface area contributed by atoms with Crippen molar-refractivity contribution >= 4 is 0 Å². The largest absolute Gasteiger partial charge is 0.573 e. The van der Waals surface area contributed by atoms with Crippen LogP contribution in [0.4, 0.5) is 13.2 Å². The van der Waals surface area contributed by atoms with Crippen LogP contribution in [0.5, 0.6) is 5.75 Å². The van der Waals surface area contributed by atoms with Crippen LogP contribution >= 0.6 is 0 Å². The molecule has 0 aliphatic rings. The standard InChI is InChI=1S/C14H20F3NO/c1-10(9-18-13(2,3)4)11-5-7-12(8-6-11)19-14(15,16)17/h5-8,10,18H,9H2,1-4H3. The van der Waals surface area contributed by atoms with E-state index in [-0.39, 0.29) is 17.2 Å². The Morgan fingerprint density at radius 1 is 1.11 bits per heavy atom. The minimum atomic E-state index is -4.64. The summed E-state index contributed by atoms with van der Waals surface area (Å²) in [5, 5.41) is 3.36. The molecule has 1 atom stereocenters. The van der Waals surface area contributed by atoms with E-state index in [9.17, 15) is 13.2 Å². The number of alkyl halides is 3. The van der Waals surface area contributed by atoms with Gasteiger partial charge in [-0.05, 0) is 44.4 Å². The van der Waals surface area contributed by atoms with Crippen molar-refractivity contribution in [3.8, 4) is 5.75 Å². The molecular formula is C14H20F3NO. The van der Waals surface area contributed by atoms with Gasteiger partial charge in [0.2, 0.25) is 0 Å². The molecule has 0 radical (unpaired) electrons. The molecule has 1 unspecified atom stereocenters. The second-order valence-corrected chi connectivity index (χ2v) is 5.65. The number of nitrogens with one attached hydrogen (secondary N) is 1. The molecule has 0 fully saturated rings. The van der Waals surface area contributed by atoms with Gasteiger partial charge in [0.15, 0.2) is 0 Å². The zero-order valence-electron chi connectivity index (χ0n) is 11.6. The van der Waals surface area contributed by atoms with Crippen molar-refractivity contribution in [2.75, 3.05) is 6.54 Å². The van der Waals surface area contributed by atoms with E-state index in [1.807, 2.05) is 6.92 Å². The molecule has 0 bridgehead atoms. The van der Waals surface area contributed by atoms with Gasteiger partial charge >= 0.3 is 6.36 Å². The number of hydrogen-bond acceptors (Lipinski definition) is 2. The normalized spacial score (nSPS) is 14.3. The van der Waals surface area contributed by atoms with E-state index in [1.54, 1.807) is 12.1 Å². The van der Waals surface area contributed by atoms with Gasteiger partial charge in [0, 0.05) is 12.1 Å². The van der Waals surface area contributed by atoms with Crippen LogP contribution in [0.3, 0.4) is 0 Å². The average molecular weight is 275 g/mol. The van der Waals surface area contributed by atoms with Crippen LogP contribution in [0, 0.1) is 0 Å². The van der Waals surface area contributed by atoms with Gasteiger partial charge < -0.3 is 10.1 Å². The minimum Gasteiger partial charge on any atom is -0.406 e. The highest BCUT2D eigenvalue weighted by Crippen LogP contribution is 2.24. The van der Waals surface area contributed by atoms with Gasteiger partial charge in [-0.1, -0.05) is 19.1 Å². The third kappa shape index (κ3) is 6.47. The summed E-state index contributed by atoms with van der Waals surface area (Å²) in [5.41, 5.74) is 0.999. The van der Waals surface area contributed by atoms with Crippen LogP contribution in [0.1, 0.15) is 39.2 Å². The SMILES string of the molecule is CC(CNC(C)(C)C)c1ccc(OC(F)(F)F)cc1. The molecular weight excluding hydrogens is 255 g/mol. The lowest BCUT2D eigenvalue weighted by Gasteiger charge is -2.23. The number of ether oxygens (including phenoxy) is 1. The topological polar surface area (TPSA) is 21.3 Å². The first kappa shape index (κ1) is 15.8. The lowest BCUT2D eigenvalue weighted by molar-refractivity contribution is -0.274. The molecule has 5 heteroatoms. The van der Waals surface area contributed by atoms with Gasteiger partial charge in [-0.3, -0.25) is 0 Å². The monoisotopic (exact) mass is 275 g/mol. The van der Waals surface area contributed by atoms with Gasteiger partial charge in [0.1, 0.15) is 5.75 Å². The number of halogens is 3. The fourth-order valence-electron chi connectivity index (χ4n) is 1.58. The predicted molar refractivity (Wildman–Crippen MR) is 69.3 cm³/mol. The molecule has 1 rings (SSSR count). The van der Waals surface area contributed by atoms with E-state index in [0.717, 1.165) is 12.1 Å². The van der Waals surface area contributed by atoms with E-state index in [1.165, 1.54) is 12.1 Å². The van der Waals surface area contributed by atoms with Gasteiger partial charge in [0.25, 0.3) is 0 Å². The smallest absolute Gasteiger partial charge is 0.406 e. The van der Waals surface area contributed by atoms with E-state index >= 15 is 0 Å². The van der Waals surface area contributed by atoms with Crippen molar-refractivity contribution in [1.29, 1.82) is 0 Å². The van der Waals surface area contributed by atoms with E-state index in [4.69, 9.17) is 0 Å². The van der Waals surface area contributed by atoms with Crippen molar-refractivity contribution in [2.24, 2.45) is 0 Å². The van der Waals surface area contributed by atoms with E-state index in [2.05, 4.69) is 30.8 Å². The third-order valence-corrected chi connectivity index (χ3v) is 2.62. The quantitative estimate of drug-likeness (QED) is 0.894. The van der Waals surface area contributed by atoms with Crippen LogP contribution in [-0.2, 0) is 0 Å². The van der Waals surface area contributed by atoms with Crippen molar-refractivity contribution in [3.63, 3.8) is 0 Å². The fraction of sp³-hybridized carbons (Fsp3) is 0.571. The summed E-state index contributed by atoms with van der Waals surface area (Å²) in [6.07, 6.45) is -4.64. The summed E-state index contributed by atoms with van der Waals surface area (Å²) in [6, 6.07) is 6.01. The lowest BCUT2D eigenvalue weighted by Crippen LogP contribution is -2.38. The predicted octanol–water partition coefficient (Wildman–Crippen LogP) is 4.08. The molecule has 1 aromatic carbocycles. The Hall–Kier alpha value is -1.23. The summed E-state index contributed by atoms with van der Waals surface area (Å²) in [4.78, 5) is 0. The molecule has 0 saturated carbocycles. The van der Waals surface area contributed by atoms with Crippen molar-refractivity contribution < 1.29 is 17.9 Å². The van der Waals surface area contributed by atoms with E-state index in [0.29, 0.717) is 0 Å². The van der Waals surface area contributed by atoms with Gasteiger partial charge in [-0.15, -0.1) is 13.2 Å². The minimum absolute atomic E-state index is 0.0214. The fourth-order valence-corrected chi connectivity index (χ4v) is 1.58. The Balaban J connectivity index is 2.60. The van der Waals surface area contributed by atoms with Gasteiger partial charge in [0.05, 0.1) is 0 Å². The first-order valence-corrected chi connectivity index (χ1v) is 6.17. The molecule has 0 amide bonds. The van der Waals surface area contributed by atoms with Crippen LogP contribution in [-0.4, -0.2) is 18.4 Å². The number of hydrogen-bond donors (Lipinski definition) is 1. The van der Waals surface area contributed by atoms with Crippen LogP contribution in [0.2, 0.25) is 0 Å². The Labute approximate surface area is 112 Å². The first-order valence-electron chi connectivity index (χ1n) is 6.17. The van der Waals surface area contributed by atoms with Gasteiger partial charge in [-0.2, -0.15) is 0 Å². The maximum absolute atomic E-state index is 12.0. The molecule has 1 aromatic rings. The summed E-state index contributed by atoms with van der Waals surface area (Å²) < 4.78 is 39.9. The second kappa shape index (κ2) is 5.82. The maximum Gasteiger partial charge on any atom is 0.573 e. The molecule has 0 heterocycles. The van der Waals surface area contributed by atoms with Crippen LogP contribution < -0.4 is 10.1 Å². The highest BCUT2D eigenvalue weighted by Gasteiger charge is 2.31. The Morgan fingerprint density at radius 2 is 1.63 bits per heavy atom. The highest BCUT2D eigenvalue weighted by atomic mass is 19.4. The van der Waals surface area contributed by atoms with Crippen LogP contribution in [0.25, 0.3) is 0 Å². The van der Waals surface area contributed by atoms with E-state index < -0.39 is 6.36 Å².